The summed E-state index contributed by atoms with van der Waals surface area (Å²) in [4.78, 5) is 0. The molecule has 0 aromatic heterocycles. The molecule has 0 bridgehead atoms. The normalized spacial score (nSPS) is 29.2. The predicted molar refractivity (Wildman–Crippen MR) is 64.6 cm³/mol. The van der Waals surface area contributed by atoms with E-state index in [-0.39, 0.29) is 0 Å². The van der Waals surface area contributed by atoms with Crippen LogP contribution in [0, 0.1) is 11.1 Å². The smallest absolute Gasteiger partial charge is 0.167 e. The van der Waals surface area contributed by atoms with Crippen molar-refractivity contribution in [3.8, 4) is 0 Å². The van der Waals surface area contributed by atoms with Crippen molar-refractivity contribution in [1.29, 1.82) is 0 Å². The van der Waals surface area contributed by atoms with Crippen molar-refractivity contribution in [1.82, 2.24) is 0 Å². The van der Waals surface area contributed by atoms with E-state index < -0.39 is 0 Å². The fourth-order valence-corrected chi connectivity index (χ4v) is 3.23. The summed E-state index contributed by atoms with van der Waals surface area (Å²) < 4.78 is 1.27. The van der Waals surface area contributed by atoms with Gasteiger partial charge in [-0.1, -0.05) is 36.8 Å². The molecule has 1 aromatic carbocycles. The number of rotatable bonds is 1. The monoisotopic (exact) mass is 215 g/mol. The van der Waals surface area contributed by atoms with Gasteiger partial charge in [0.25, 0.3) is 0 Å². The molecule has 2 unspecified atom stereocenters. The third-order valence-electron chi connectivity index (χ3n) is 4.02. The lowest BCUT2D eigenvalue weighted by atomic mass is 9.78. The van der Waals surface area contributed by atoms with Gasteiger partial charge in [0.2, 0.25) is 0 Å². The first-order valence-corrected chi connectivity index (χ1v) is 6.21. The Kier molecular flexibility index (Phi) is 2.43. The van der Waals surface area contributed by atoms with Gasteiger partial charge in [0.1, 0.15) is 0 Å². The molecule has 0 saturated heterocycles. The van der Waals surface area contributed by atoms with E-state index in [1.165, 1.54) is 35.3 Å². The first kappa shape index (κ1) is 9.88. The summed E-state index contributed by atoms with van der Waals surface area (Å²) in [6.45, 7) is 0.671. The second kappa shape index (κ2) is 3.93. The molecular weight excluding hydrogens is 198 g/mol. The van der Waals surface area contributed by atoms with E-state index >= 15 is 0 Å². The van der Waals surface area contributed by atoms with Crippen LogP contribution in [-0.2, 0) is 0 Å². The fraction of sp³-hybridized carbons (Fsp3) is 0.500. The van der Waals surface area contributed by atoms with Crippen molar-refractivity contribution in [2.45, 2.75) is 31.6 Å². The van der Waals surface area contributed by atoms with E-state index in [9.17, 15) is 5.21 Å². The van der Waals surface area contributed by atoms with Crippen LogP contribution in [-0.4, -0.2) is 17.0 Å². The summed E-state index contributed by atoms with van der Waals surface area (Å²) in [6, 6.07) is 10.5. The summed E-state index contributed by atoms with van der Waals surface area (Å²) in [6.07, 6.45) is 4.71. The molecule has 2 aliphatic rings. The van der Waals surface area contributed by atoms with Crippen LogP contribution >= 0.6 is 0 Å². The predicted octanol–water partition coefficient (Wildman–Crippen LogP) is 2.93. The number of hydroxylamine groups is 1. The maximum Gasteiger partial charge on any atom is 0.167 e. The minimum absolute atomic E-state index is 0.439. The minimum atomic E-state index is 0.439. The molecule has 0 amide bonds. The molecule has 1 saturated carbocycles. The van der Waals surface area contributed by atoms with Crippen molar-refractivity contribution in [2.75, 3.05) is 6.54 Å². The Hall–Kier alpha value is -1.31. The largest absolute Gasteiger partial charge is 0.624 e. The standard InChI is InChI=1S/C14H17NO/c16-15-10-13(11-6-2-1-3-7-11)12-8-4-5-9-14(12)15/h1-3,6-7,12-13H,4-5,8-10H2. The van der Waals surface area contributed by atoms with Crippen LogP contribution < -0.4 is 0 Å². The van der Waals surface area contributed by atoms with E-state index in [0.29, 0.717) is 18.4 Å². The van der Waals surface area contributed by atoms with Gasteiger partial charge in [0.05, 0.1) is 11.8 Å². The minimum Gasteiger partial charge on any atom is -0.624 e. The van der Waals surface area contributed by atoms with Gasteiger partial charge in [-0.2, -0.15) is 0 Å². The van der Waals surface area contributed by atoms with Crippen LogP contribution in [0.4, 0.5) is 0 Å². The quantitative estimate of drug-likeness (QED) is 0.522. The lowest BCUT2D eigenvalue weighted by Crippen LogP contribution is -2.22. The molecule has 1 fully saturated rings. The first-order valence-electron chi connectivity index (χ1n) is 6.21. The van der Waals surface area contributed by atoms with Gasteiger partial charge >= 0.3 is 0 Å². The van der Waals surface area contributed by atoms with Gasteiger partial charge in [-0.05, 0) is 18.4 Å². The summed E-state index contributed by atoms with van der Waals surface area (Å²) in [7, 11) is 0. The maximum atomic E-state index is 11.9. The summed E-state index contributed by atoms with van der Waals surface area (Å²) >= 11 is 0. The molecule has 16 heavy (non-hydrogen) atoms. The molecule has 0 spiro atoms. The van der Waals surface area contributed by atoms with Crippen molar-refractivity contribution in [3.05, 3.63) is 41.1 Å². The molecular formula is C14H17NO. The number of fused-ring (bicyclic) bond motifs is 1. The molecule has 0 N–H and O–H groups in total. The summed E-state index contributed by atoms with van der Waals surface area (Å²) in [5.74, 6) is 0.961. The Morgan fingerprint density at radius 3 is 2.69 bits per heavy atom. The number of nitrogens with zero attached hydrogens (tertiary/aromatic N) is 1. The van der Waals surface area contributed by atoms with Gasteiger partial charge in [0, 0.05) is 6.42 Å². The van der Waals surface area contributed by atoms with E-state index in [0.717, 1.165) is 6.42 Å². The van der Waals surface area contributed by atoms with Crippen LogP contribution in [0.3, 0.4) is 0 Å². The topological polar surface area (TPSA) is 26.1 Å². The highest BCUT2D eigenvalue weighted by Gasteiger charge is 2.41. The van der Waals surface area contributed by atoms with E-state index in [4.69, 9.17) is 0 Å². The molecule has 1 aliphatic carbocycles. The van der Waals surface area contributed by atoms with Crippen LogP contribution in [0.1, 0.15) is 37.2 Å². The lowest BCUT2D eigenvalue weighted by molar-refractivity contribution is -0.452. The van der Waals surface area contributed by atoms with E-state index in [1.807, 2.05) is 6.07 Å². The van der Waals surface area contributed by atoms with Gasteiger partial charge < -0.3 is 5.21 Å². The Morgan fingerprint density at radius 1 is 1.06 bits per heavy atom. The molecule has 84 valence electrons. The second-order valence-electron chi connectivity index (χ2n) is 4.92. The first-order chi connectivity index (χ1) is 7.86. The molecule has 1 aromatic rings. The Labute approximate surface area is 96.2 Å². The average Bonchev–Trinajstić information content (AvgIpc) is 2.69. The highest BCUT2D eigenvalue weighted by Crippen LogP contribution is 2.38. The number of hydrogen-bond acceptors (Lipinski definition) is 1. The third-order valence-corrected chi connectivity index (χ3v) is 4.02. The molecule has 1 aliphatic heterocycles. The second-order valence-corrected chi connectivity index (χ2v) is 4.92. The highest BCUT2D eigenvalue weighted by atomic mass is 16.5. The van der Waals surface area contributed by atoms with Crippen molar-refractivity contribution < 1.29 is 4.74 Å². The van der Waals surface area contributed by atoms with Crippen LogP contribution in [0.15, 0.2) is 30.3 Å². The zero-order chi connectivity index (χ0) is 11.0. The van der Waals surface area contributed by atoms with E-state index in [1.54, 1.807) is 0 Å². The summed E-state index contributed by atoms with van der Waals surface area (Å²) in [5.41, 5.74) is 2.50. The molecule has 2 heteroatoms. The highest BCUT2D eigenvalue weighted by molar-refractivity contribution is 5.85. The Morgan fingerprint density at radius 2 is 1.88 bits per heavy atom. The van der Waals surface area contributed by atoms with Crippen molar-refractivity contribution in [2.24, 2.45) is 5.92 Å². The Bertz CT molecular complexity index is 410. The molecule has 2 atom stereocenters. The van der Waals surface area contributed by atoms with Crippen LogP contribution in [0.2, 0.25) is 0 Å². The Balaban J connectivity index is 1.90. The molecule has 3 rings (SSSR count). The SMILES string of the molecule is [O-][N+]1=C2CCCCC2C(c2ccccc2)C1. The van der Waals surface area contributed by atoms with Crippen molar-refractivity contribution in [3.63, 3.8) is 0 Å². The molecule has 2 nitrogen and oxygen atoms in total. The number of hydrogen-bond donors (Lipinski definition) is 0. The van der Waals surface area contributed by atoms with Gasteiger partial charge in [0.15, 0.2) is 12.3 Å². The average molecular weight is 215 g/mol. The van der Waals surface area contributed by atoms with Gasteiger partial charge in [-0.3, -0.25) is 0 Å². The molecule has 0 radical (unpaired) electrons. The van der Waals surface area contributed by atoms with E-state index in [2.05, 4.69) is 24.3 Å². The van der Waals surface area contributed by atoms with Gasteiger partial charge in [-0.25, -0.2) is 4.74 Å². The van der Waals surface area contributed by atoms with Crippen LogP contribution in [0.5, 0.6) is 0 Å². The lowest BCUT2D eigenvalue weighted by Gasteiger charge is -2.21. The zero-order valence-electron chi connectivity index (χ0n) is 9.43. The van der Waals surface area contributed by atoms with Crippen molar-refractivity contribution >= 4 is 5.71 Å². The third kappa shape index (κ3) is 1.53. The van der Waals surface area contributed by atoms with Crippen LogP contribution in [0.25, 0.3) is 0 Å². The van der Waals surface area contributed by atoms with Gasteiger partial charge in [-0.15, -0.1) is 0 Å². The molecule has 1 heterocycles. The maximum absolute atomic E-state index is 11.9. The zero-order valence-corrected chi connectivity index (χ0v) is 9.43. The fourth-order valence-electron chi connectivity index (χ4n) is 3.23. The number of benzene rings is 1. The summed E-state index contributed by atoms with van der Waals surface area (Å²) in [5, 5.41) is 11.9.